The first kappa shape index (κ1) is 10.4. The molecule has 0 atom stereocenters. The molecule has 1 aromatic carbocycles. The van der Waals surface area contributed by atoms with E-state index >= 15 is 0 Å². The lowest BCUT2D eigenvalue weighted by molar-refractivity contribution is 0.614. The predicted octanol–water partition coefficient (Wildman–Crippen LogP) is 2.04. The molecule has 0 spiro atoms. The van der Waals surface area contributed by atoms with Gasteiger partial charge in [0.25, 0.3) is 0 Å². The highest BCUT2D eigenvalue weighted by molar-refractivity contribution is 7.72. The molecule has 0 amide bonds. The van der Waals surface area contributed by atoms with E-state index in [1.165, 1.54) is 0 Å². The molecule has 1 aromatic rings. The molecular weight excluding hydrogens is 210 g/mol. The average Bonchev–Trinajstić information content (AvgIpc) is 2.38. The Balaban J connectivity index is 2.65. The van der Waals surface area contributed by atoms with Crippen LogP contribution < -0.4 is 0 Å². The van der Waals surface area contributed by atoms with Gasteiger partial charge >= 0.3 is 0 Å². The van der Waals surface area contributed by atoms with Gasteiger partial charge in [-0.3, -0.25) is 4.99 Å². The van der Waals surface area contributed by atoms with Crippen molar-refractivity contribution in [3.05, 3.63) is 23.8 Å². The Kier molecular flexibility index (Phi) is 2.19. The first-order valence-corrected chi connectivity index (χ1v) is 5.95. The Labute approximate surface area is 90.8 Å². The third-order valence-corrected chi connectivity index (χ3v) is 3.76. The van der Waals surface area contributed by atoms with Gasteiger partial charge in [-0.1, -0.05) is 13.8 Å². The van der Waals surface area contributed by atoms with Crippen molar-refractivity contribution in [3.63, 3.8) is 0 Å². The van der Waals surface area contributed by atoms with Crippen molar-refractivity contribution in [2.45, 2.75) is 31.1 Å². The number of fused-ring (bicyclic) bond motifs is 1. The van der Waals surface area contributed by atoms with Crippen LogP contribution in [0.1, 0.15) is 26.3 Å². The standard InChI is InChI=1S/C11H13NO2S/c1-7-11(2,3)9-6-8(15(13)14)4-5-10(9)12-7/h4-6,15H,1-3H3. The molecule has 0 radical (unpaired) electrons. The minimum absolute atomic E-state index is 0.156. The van der Waals surface area contributed by atoms with Crippen molar-refractivity contribution in [2.24, 2.45) is 4.99 Å². The van der Waals surface area contributed by atoms with Gasteiger partial charge in [0, 0.05) is 11.1 Å². The highest BCUT2D eigenvalue weighted by Crippen LogP contribution is 2.40. The van der Waals surface area contributed by atoms with E-state index in [1.54, 1.807) is 18.2 Å². The van der Waals surface area contributed by atoms with Crippen molar-refractivity contribution >= 4 is 22.1 Å². The Morgan fingerprint density at radius 2 is 1.93 bits per heavy atom. The maximum atomic E-state index is 10.9. The molecule has 0 unspecified atom stereocenters. The summed E-state index contributed by atoms with van der Waals surface area (Å²) in [6.45, 7) is 6.08. The van der Waals surface area contributed by atoms with Gasteiger partial charge < -0.3 is 0 Å². The van der Waals surface area contributed by atoms with Crippen LogP contribution in [0.2, 0.25) is 0 Å². The summed E-state index contributed by atoms with van der Waals surface area (Å²) in [5, 5.41) is 0. The van der Waals surface area contributed by atoms with Crippen LogP contribution in [0.25, 0.3) is 0 Å². The average molecular weight is 223 g/mol. The maximum Gasteiger partial charge on any atom is 0.168 e. The number of benzene rings is 1. The molecule has 1 heterocycles. The SMILES string of the molecule is CC1=Nc2ccc([SH](=O)=O)cc2C1(C)C. The second-order valence-corrected chi connectivity index (χ2v) is 5.31. The number of thiol groups is 1. The number of aliphatic imine (C=N–C) groups is 1. The van der Waals surface area contributed by atoms with Crippen LogP contribution in [0.3, 0.4) is 0 Å². The molecule has 0 bridgehead atoms. The quantitative estimate of drug-likeness (QED) is 0.740. The second kappa shape index (κ2) is 3.17. The molecule has 1 aliphatic rings. The smallest absolute Gasteiger partial charge is 0.168 e. The zero-order chi connectivity index (χ0) is 11.2. The summed E-state index contributed by atoms with van der Waals surface area (Å²) in [7, 11) is -2.51. The van der Waals surface area contributed by atoms with E-state index in [1.807, 2.05) is 6.92 Å². The van der Waals surface area contributed by atoms with Gasteiger partial charge in [-0.15, -0.1) is 0 Å². The largest absolute Gasteiger partial charge is 0.257 e. The lowest BCUT2D eigenvalue weighted by Gasteiger charge is -2.19. The summed E-state index contributed by atoms with van der Waals surface area (Å²) >= 11 is 0. The Morgan fingerprint density at radius 3 is 2.53 bits per heavy atom. The Morgan fingerprint density at radius 1 is 1.27 bits per heavy atom. The van der Waals surface area contributed by atoms with Gasteiger partial charge in [-0.05, 0) is 30.7 Å². The number of nitrogens with zero attached hydrogens (tertiary/aromatic N) is 1. The van der Waals surface area contributed by atoms with Gasteiger partial charge in [0.15, 0.2) is 10.7 Å². The summed E-state index contributed by atoms with van der Waals surface area (Å²) in [5.41, 5.74) is 2.75. The van der Waals surface area contributed by atoms with Crippen molar-refractivity contribution in [3.8, 4) is 0 Å². The maximum absolute atomic E-state index is 10.9. The first-order chi connectivity index (χ1) is 6.93. The van der Waals surface area contributed by atoms with E-state index in [4.69, 9.17) is 0 Å². The molecule has 2 rings (SSSR count). The van der Waals surface area contributed by atoms with E-state index in [0.29, 0.717) is 4.90 Å². The van der Waals surface area contributed by atoms with Crippen LogP contribution in [0.15, 0.2) is 28.1 Å². The number of rotatable bonds is 1. The lowest BCUT2D eigenvalue weighted by Crippen LogP contribution is -2.22. The van der Waals surface area contributed by atoms with E-state index in [-0.39, 0.29) is 5.41 Å². The fraction of sp³-hybridized carbons (Fsp3) is 0.364. The molecule has 0 aromatic heterocycles. The van der Waals surface area contributed by atoms with Crippen molar-refractivity contribution in [2.75, 3.05) is 0 Å². The van der Waals surface area contributed by atoms with E-state index < -0.39 is 10.7 Å². The first-order valence-electron chi connectivity index (χ1n) is 4.77. The van der Waals surface area contributed by atoms with E-state index in [9.17, 15) is 8.42 Å². The minimum atomic E-state index is -2.51. The monoisotopic (exact) mass is 223 g/mol. The Hall–Kier alpha value is -1.16. The van der Waals surface area contributed by atoms with Crippen LogP contribution in [-0.2, 0) is 16.1 Å². The van der Waals surface area contributed by atoms with Gasteiger partial charge in [0.05, 0.1) is 10.6 Å². The number of hydrogen-bond donors (Lipinski definition) is 1. The summed E-state index contributed by atoms with van der Waals surface area (Å²) in [4.78, 5) is 4.79. The van der Waals surface area contributed by atoms with Crippen molar-refractivity contribution in [1.29, 1.82) is 0 Å². The van der Waals surface area contributed by atoms with Crippen molar-refractivity contribution < 1.29 is 8.42 Å². The van der Waals surface area contributed by atoms with E-state index in [0.717, 1.165) is 17.0 Å². The molecule has 0 aliphatic carbocycles. The van der Waals surface area contributed by atoms with Crippen LogP contribution in [-0.4, -0.2) is 14.1 Å². The molecule has 3 nitrogen and oxygen atoms in total. The van der Waals surface area contributed by atoms with Gasteiger partial charge in [-0.2, -0.15) is 0 Å². The topological polar surface area (TPSA) is 46.5 Å². The Bertz CT molecular complexity index is 519. The lowest BCUT2D eigenvalue weighted by atomic mass is 9.82. The van der Waals surface area contributed by atoms with Crippen LogP contribution in [0.4, 0.5) is 5.69 Å². The zero-order valence-electron chi connectivity index (χ0n) is 8.94. The molecule has 0 saturated heterocycles. The van der Waals surface area contributed by atoms with Crippen LogP contribution in [0, 0.1) is 0 Å². The molecule has 1 aliphatic heterocycles. The molecule has 80 valence electrons. The van der Waals surface area contributed by atoms with Crippen LogP contribution in [0.5, 0.6) is 0 Å². The number of hydrogen-bond acceptors (Lipinski definition) is 3. The predicted molar refractivity (Wildman–Crippen MR) is 60.8 cm³/mol. The summed E-state index contributed by atoms with van der Waals surface area (Å²) < 4.78 is 21.8. The summed E-state index contributed by atoms with van der Waals surface area (Å²) in [5.74, 6) is 0. The second-order valence-electron chi connectivity index (χ2n) is 4.28. The minimum Gasteiger partial charge on any atom is -0.257 e. The van der Waals surface area contributed by atoms with Gasteiger partial charge in [-0.25, -0.2) is 8.42 Å². The van der Waals surface area contributed by atoms with Crippen molar-refractivity contribution in [1.82, 2.24) is 0 Å². The fourth-order valence-electron chi connectivity index (χ4n) is 1.75. The van der Waals surface area contributed by atoms with Gasteiger partial charge in [0.2, 0.25) is 0 Å². The zero-order valence-corrected chi connectivity index (χ0v) is 9.84. The molecule has 15 heavy (non-hydrogen) atoms. The highest BCUT2D eigenvalue weighted by Gasteiger charge is 2.32. The molecule has 0 N–H and O–H groups in total. The molecular formula is C11H13NO2S. The van der Waals surface area contributed by atoms with Gasteiger partial charge in [0.1, 0.15) is 0 Å². The fourth-order valence-corrected chi connectivity index (χ4v) is 2.18. The molecule has 0 fully saturated rings. The molecule has 4 heteroatoms. The summed E-state index contributed by atoms with van der Waals surface area (Å²) in [6, 6.07) is 5.10. The van der Waals surface area contributed by atoms with Crippen LogP contribution >= 0.6 is 0 Å². The third-order valence-electron chi connectivity index (χ3n) is 3.06. The normalized spacial score (nSPS) is 17.7. The third kappa shape index (κ3) is 1.49. The summed E-state index contributed by atoms with van der Waals surface area (Å²) in [6.07, 6.45) is 0. The highest BCUT2D eigenvalue weighted by atomic mass is 32.2. The molecule has 0 saturated carbocycles. The van der Waals surface area contributed by atoms with E-state index in [2.05, 4.69) is 18.8 Å².